The molecular formula is C13H11FO. The van der Waals surface area contributed by atoms with E-state index >= 15 is 0 Å². The van der Waals surface area contributed by atoms with Gasteiger partial charge in [0, 0.05) is 11.1 Å². The number of para-hydroxylation sites is 1. The van der Waals surface area contributed by atoms with Gasteiger partial charge in [-0.1, -0.05) is 36.4 Å². The molecule has 0 aromatic heterocycles. The molecule has 0 radical (unpaired) electrons. The van der Waals surface area contributed by atoms with Crippen LogP contribution in [0.5, 0.6) is 5.75 Å². The summed E-state index contributed by atoms with van der Waals surface area (Å²) in [7, 11) is 0. The Morgan fingerprint density at radius 3 is 2.33 bits per heavy atom. The Balaban J connectivity index is 2.65. The van der Waals surface area contributed by atoms with E-state index in [9.17, 15) is 9.50 Å². The Morgan fingerprint density at radius 1 is 0.933 bits per heavy atom. The molecule has 15 heavy (non-hydrogen) atoms. The fourth-order valence-corrected chi connectivity index (χ4v) is 1.56. The van der Waals surface area contributed by atoms with Crippen molar-refractivity contribution in [1.29, 1.82) is 0 Å². The topological polar surface area (TPSA) is 20.2 Å². The van der Waals surface area contributed by atoms with Crippen molar-refractivity contribution >= 4 is 0 Å². The first-order valence-electron chi connectivity index (χ1n) is 4.73. The second-order valence-corrected chi connectivity index (χ2v) is 3.45. The van der Waals surface area contributed by atoms with Gasteiger partial charge in [-0.2, -0.15) is 0 Å². The number of aromatic hydroxyl groups is 1. The summed E-state index contributed by atoms with van der Waals surface area (Å²) in [5.74, 6) is -0.180. The molecule has 0 bridgehead atoms. The molecule has 0 heterocycles. The third-order valence-electron chi connectivity index (χ3n) is 2.39. The van der Waals surface area contributed by atoms with Gasteiger partial charge in [-0.25, -0.2) is 4.39 Å². The zero-order valence-corrected chi connectivity index (χ0v) is 8.37. The molecule has 0 aliphatic carbocycles. The fourth-order valence-electron chi connectivity index (χ4n) is 1.56. The van der Waals surface area contributed by atoms with Crippen molar-refractivity contribution in [2.24, 2.45) is 0 Å². The number of hydrogen-bond donors (Lipinski definition) is 1. The average Bonchev–Trinajstić information content (AvgIpc) is 2.23. The van der Waals surface area contributed by atoms with Gasteiger partial charge >= 0.3 is 0 Å². The summed E-state index contributed by atoms with van der Waals surface area (Å²) in [6.07, 6.45) is 0. The van der Waals surface area contributed by atoms with E-state index in [1.165, 1.54) is 0 Å². The monoisotopic (exact) mass is 202 g/mol. The molecule has 76 valence electrons. The van der Waals surface area contributed by atoms with E-state index in [4.69, 9.17) is 0 Å². The maximum atomic E-state index is 13.8. The highest BCUT2D eigenvalue weighted by atomic mass is 19.1. The van der Waals surface area contributed by atoms with Crippen molar-refractivity contribution in [3.63, 3.8) is 0 Å². The van der Waals surface area contributed by atoms with Crippen LogP contribution in [0.15, 0.2) is 42.5 Å². The summed E-state index contributed by atoms with van der Waals surface area (Å²) in [6, 6.07) is 11.9. The molecule has 0 aliphatic rings. The van der Waals surface area contributed by atoms with Crippen LogP contribution in [-0.2, 0) is 0 Å². The quantitative estimate of drug-likeness (QED) is 0.750. The lowest BCUT2D eigenvalue weighted by Gasteiger charge is -2.07. The Hall–Kier alpha value is -1.83. The fraction of sp³-hybridized carbons (Fsp3) is 0.0769. The molecule has 0 fully saturated rings. The summed E-state index contributed by atoms with van der Waals surface area (Å²) in [4.78, 5) is 0. The minimum absolute atomic E-state index is 0.0991. The summed E-state index contributed by atoms with van der Waals surface area (Å²) < 4.78 is 13.8. The molecule has 0 amide bonds. The smallest absolute Gasteiger partial charge is 0.134 e. The van der Waals surface area contributed by atoms with Crippen LogP contribution in [0.3, 0.4) is 0 Å². The second-order valence-electron chi connectivity index (χ2n) is 3.45. The van der Waals surface area contributed by atoms with E-state index < -0.39 is 0 Å². The van der Waals surface area contributed by atoms with Crippen LogP contribution in [-0.4, -0.2) is 5.11 Å². The standard InChI is InChI=1S/C13H11FO/c1-9-5-4-7-11(13(9)14)10-6-2-3-8-12(10)15/h2-8,15H,1H3. The molecule has 0 aliphatic heterocycles. The Kier molecular flexibility index (Phi) is 2.42. The van der Waals surface area contributed by atoms with Crippen LogP contribution in [0.2, 0.25) is 0 Å². The Morgan fingerprint density at radius 2 is 1.60 bits per heavy atom. The van der Waals surface area contributed by atoms with Crippen LogP contribution in [0.1, 0.15) is 5.56 Å². The van der Waals surface area contributed by atoms with Gasteiger partial charge < -0.3 is 5.11 Å². The zero-order chi connectivity index (χ0) is 10.8. The number of phenolic OH excluding ortho intramolecular Hbond substituents is 1. The maximum absolute atomic E-state index is 13.8. The number of rotatable bonds is 1. The average molecular weight is 202 g/mol. The molecular weight excluding hydrogens is 191 g/mol. The largest absolute Gasteiger partial charge is 0.507 e. The second kappa shape index (κ2) is 3.73. The molecule has 0 unspecified atom stereocenters. The normalized spacial score (nSPS) is 10.3. The Bertz CT molecular complexity index is 492. The van der Waals surface area contributed by atoms with E-state index in [0.717, 1.165) is 0 Å². The number of benzene rings is 2. The summed E-state index contributed by atoms with van der Waals surface area (Å²) >= 11 is 0. The van der Waals surface area contributed by atoms with Crippen LogP contribution in [0, 0.1) is 12.7 Å². The van der Waals surface area contributed by atoms with Gasteiger partial charge in [0.15, 0.2) is 0 Å². The molecule has 1 nitrogen and oxygen atoms in total. The van der Waals surface area contributed by atoms with Crippen LogP contribution < -0.4 is 0 Å². The van der Waals surface area contributed by atoms with Crippen LogP contribution in [0.4, 0.5) is 4.39 Å². The van der Waals surface area contributed by atoms with Crippen molar-refractivity contribution in [3.05, 3.63) is 53.8 Å². The molecule has 0 spiro atoms. The van der Waals surface area contributed by atoms with Gasteiger partial charge in [-0.05, 0) is 18.6 Å². The van der Waals surface area contributed by atoms with Gasteiger partial charge in [0.2, 0.25) is 0 Å². The lowest BCUT2D eigenvalue weighted by molar-refractivity contribution is 0.476. The molecule has 0 atom stereocenters. The first kappa shape index (κ1) is 9.71. The number of phenols is 1. The minimum atomic E-state index is -0.279. The van der Waals surface area contributed by atoms with E-state index in [-0.39, 0.29) is 11.6 Å². The van der Waals surface area contributed by atoms with Crippen molar-refractivity contribution in [3.8, 4) is 16.9 Å². The highest BCUT2D eigenvalue weighted by molar-refractivity contribution is 5.71. The minimum Gasteiger partial charge on any atom is -0.507 e. The number of halogens is 1. The number of hydrogen-bond acceptors (Lipinski definition) is 1. The molecule has 2 heteroatoms. The van der Waals surface area contributed by atoms with Gasteiger partial charge in [-0.3, -0.25) is 0 Å². The van der Waals surface area contributed by atoms with E-state index in [1.54, 1.807) is 49.4 Å². The molecule has 1 N–H and O–H groups in total. The Labute approximate surface area is 87.8 Å². The van der Waals surface area contributed by atoms with Crippen molar-refractivity contribution in [2.45, 2.75) is 6.92 Å². The summed E-state index contributed by atoms with van der Waals surface area (Å²) in [6.45, 7) is 1.71. The van der Waals surface area contributed by atoms with Crippen molar-refractivity contribution in [2.75, 3.05) is 0 Å². The highest BCUT2D eigenvalue weighted by Crippen LogP contribution is 2.31. The SMILES string of the molecule is Cc1cccc(-c2ccccc2O)c1F. The first-order valence-corrected chi connectivity index (χ1v) is 4.73. The van der Waals surface area contributed by atoms with E-state index in [2.05, 4.69) is 0 Å². The van der Waals surface area contributed by atoms with Gasteiger partial charge in [0.05, 0.1) is 0 Å². The molecule has 2 aromatic carbocycles. The molecule has 2 rings (SSSR count). The lowest BCUT2D eigenvalue weighted by atomic mass is 10.0. The van der Waals surface area contributed by atoms with Gasteiger partial charge in [0.1, 0.15) is 11.6 Å². The molecule has 2 aromatic rings. The lowest BCUT2D eigenvalue weighted by Crippen LogP contribution is -1.88. The first-order chi connectivity index (χ1) is 7.20. The summed E-state index contributed by atoms with van der Waals surface area (Å²) in [5, 5.41) is 9.61. The van der Waals surface area contributed by atoms with Gasteiger partial charge in [-0.15, -0.1) is 0 Å². The van der Waals surface area contributed by atoms with Crippen LogP contribution in [0.25, 0.3) is 11.1 Å². The van der Waals surface area contributed by atoms with Crippen molar-refractivity contribution in [1.82, 2.24) is 0 Å². The van der Waals surface area contributed by atoms with Gasteiger partial charge in [0.25, 0.3) is 0 Å². The summed E-state index contributed by atoms with van der Waals surface area (Å²) in [5.41, 5.74) is 1.54. The molecule has 0 saturated carbocycles. The maximum Gasteiger partial charge on any atom is 0.134 e. The predicted octanol–water partition coefficient (Wildman–Crippen LogP) is 3.51. The van der Waals surface area contributed by atoms with Crippen molar-refractivity contribution < 1.29 is 9.50 Å². The van der Waals surface area contributed by atoms with E-state index in [0.29, 0.717) is 16.7 Å². The third-order valence-corrected chi connectivity index (χ3v) is 2.39. The van der Waals surface area contributed by atoms with E-state index in [1.807, 2.05) is 0 Å². The predicted molar refractivity (Wildman–Crippen MR) is 58.2 cm³/mol. The highest BCUT2D eigenvalue weighted by Gasteiger charge is 2.09. The third kappa shape index (κ3) is 1.71. The zero-order valence-electron chi connectivity index (χ0n) is 8.37. The molecule has 0 saturated heterocycles. The van der Waals surface area contributed by atoms with Crippen LogP contribution >= 0.6 is 0 Å². The number of aryl methyl sites for hydroxylation is 1.